The minimum Gasteiger partial charge on any atom is -0.869 e. The van der Waals surface area contributed by atoms with Gasteiger partial charge in [-0.15, -0.1) is 0 Å². The van der Waals surface area contributed by atoms with Crippen molar-refractivity contribution in [2.45, 2.75) is 82.4 Å². The number of rotatable bonds is 14. The molecule has 7 heteroatoms. The van der Waals surface area contributed by atoms with Crippen LogP contribution in [0, 0.1) is 0 Å². The third-order valence-corrected chi connectivity index (χ3v) is 6.07. The fraction of sp³-hybridized carbons (Fsp3) is 0.500. The summed E-state index contributed by atoms with van der Waals surface area (Å²) in [5.41, 5.74) is 1.20. The summed E-state index contributed by atoms with van der Waals surface area (Å²) in [7, 11) is -4.57. The molecule has 2 aromatic rings. The number of hydrogen-bond donors (Lipinski definition) is 1. The Morgan fingerprint density at radius 1 is 0.839 bits per heavy atom. The first-order valence-corrected chi connectivity index (χ1v) is 12.4. The summed E-state index contributed by atoms with van der Waals surface area (Å²) in [6, 6.07) is 11.3. The van der Waals surface area contributed by atoms with Gasteiger partial charge in [0.15, 0.2) is 0 Å². The fourth-order valence-electron chi connectivity index (χ4n) is 3.45. The Hall–Kier alpha value is -1.05. The molecule has 0 fully saturated rings. The second-order valence-electron chi connectivity index (χ2n) is 7.74. The maximum atomic E-state index is 12.1. The molecule has 0 aromatic heterocycles. The van der Waals surface area contributed by atoms with Crippen LogP contribution in [0.3, 0.4) is 0 Å². The first-order chi connectivity index (χ1) is 14.4. The van der Waals surface area contributed by atoms with Crippen LogP contribution in [0.1, 0.15) is 76.7 Å². The predicted octanol–water partition coefficient (Wildman–Crippen LogP) is 3.27. The molecule has 2 rings (SSSR count). The number of aryl methyl sites for hydroxylation is 1. The van der Waals surface area contributed by atoms with E-state index in [9.17, 15) is 13.5 Å². The molecule has 31 heavy (non-hydrogen) atoms. The van der Waals surface area contributed by atoms with Crippen LogP contribution < -0.4 is 39.4 Å². The Morgan fingerprint density at radius 2 is 1.39 bits per heavy atom. The molecule has 0 bridgehead atoms. The van der Waals surface area contributed by atoms with Crippen molar-refractivity contribution in [2.24, 2.45) is 0 Å². The zero-order valence-electron chi connectivity index (χ0n) is 18.8. The van der Waals surface area contributed by atoms with Gasteiger partial charge in [-0.25, -0.2) is 0 Å². The van der Waals surface area contributed by atoms with E-state index in [1.54, 1.807) is 12.1 Å². The van der Waals surface area contributed by atoms with Crippen LogP contribution in [0.2, 0.25) is 0 Å². The molecule has 0 amide bonds. The minimum atomic E-state index is -4.57. The van der Waals surface area contributed by atoms with E-state index in [1.165, 1.54) is 75.5 Å². The van der Waals surface area contributed by atoms with E-state index in [-0.39, 0.29) is 35.3 Å². The zero-order valence-corrected chi connectivity index (χ0v) is 21.6. The Kier molecular flexibility index (Phi) is 13.5. The molecule has 0 aliphatic carbocycles. The van der Waals surface area contributed by atoms with E-state index in [4.69, 9.17) is 9.29 Å². The summed E-state index contributed by atoms with van der Waals surface area (Å²) >= 11 is 0. The molecule has 0 heterocycles. The Labute approximate surface area is 209 Å². The van der Waals surface area contributed by atoms with E-state index in [2.05, 4.69) is 6.92 Å². The molecule has 5 nitrogen and oxygen atoms in total. The predicted molar refractivity (Wildman–Crippen MR) is 118 cm³/mol. The van der Waals surface area contributed by atoms with Crippen molar-refractivity contribution >= 4 is 10.1 Å². The third kappa shape index (κ3) is 10.4. The molecular weight excluding hydrogens is 423 g/mol. The minimum absolute atomic E-state index is 0. The van der Waals surface area contributed by atoms with Gasteiger partial charge in [-0.05, 0) is 48.4 Å². The smallest absolute Gasteiger partial charge is 0.869 e. The molecule has 1 N–H and O–H groups in total. The van der Waals surface area contributed by atoms with Crippen molar-refractivity contribution in [1.29, 1.82) is 0 Å². The SMILES string of the molecule is CCCCCCCCCCCCc1ccc(Oc2cccc(S(=O)(=O)O)c2[O-])cc1.[Na+]. The largest absolute Gasteiger partial charge is 1.00 e. The number of benzene rings is 2. The molecule has 0 saturated heterocycles. The van der Waals surface area contributed by atoms with Crippen molar-refractivity contribution in [3.63, 3.8) is 0 Å². The van der Waals surface area contributed by atoms with E-state index in [0.717, 1.165) is 18.9 Å². The molecule has 166 valence electrons. The van der Waals surface area contributed by atoms with E-state index < -0.39 is 20.8 Å². The maximum absolute atomic E-state index is 12.1. The maximum Gasteiger partial charge on any atom is 1.00 e. The van der Waals surface area contributed by atoms with Crippen molar-refractivity contribution in [3.8, 4) is 17.2 Å². The first kappa shape index (κ1) is 28.0. The van der Waals surface area contributed by atoms with Gasteiger partial charge in [0, 0.05) is 0 Å². The summed E-state index contributed by atoms with van der Waals surface area (Å²) in [5, 5.41) is 12.1. The summed E-state index contributed by atoms with van der Waals surface area (Å²) in [4.78, 5) is -0.683. The molecule has 0 aliphatic heterocycles. The summed E-state index contributed by atoms with van der Waals surface area (Å²) in [6.45, 7) is 2.24. The van der Waals surface area contributed by atoms with E-state index >= 15 is 0 Å². The molecule has 0 unspecified atom stereocenters. The second kappa shape index (κ2) is 14.9. The topological polar surface area (TPSA) is 86.7 Å². The molecule has 0 atom stereocenters. The molecule has 0 spiro atoms. The van der Waals surface area contributed by atoms with Crippen molar-refractivity contribution in [3.05, 3.63) is 48.0 Å². The summed E-state index contributed by atoms with van der Waals surface area (Å²) in [5.74, 6) is -0.534. The third-order valence-electron chi connectivity index (χ3n) is 5.19. The molecular formula is C24H33NaO5S. The van der Waals surface area contributed by atoms with Gasteiger partial charge in [-0.1, -0.05) is 82.9 Å². The molecule has 0 radical (unpaired) electrons. The Bertz CT molecular complexity index is 866. The van der Waals surface area contributed by atoms with Crippen LogP contribution in [0.4, 0.5) is 0 Å². The van der Waals surface area contributed by atoms with E-state index in [1.807, 2.05) is 12.1 Å². The second-order valence-corrected chi connectivity index (χ2v) is 9.13. The average molecular weight is 457 g/mol. The van der Waals surface area contributed by atoms with Crippen LogP contribution in [0.15, 0.2) is 47.4 Å². The van der Waals surface area contributed by atoms with E-state index in [0.29, 0.717) is 5.75 Å². The van der Waals surface area contributed by atoms with Gasteiger partial charge in [-0.2, -0.15) is 8.42 Å². The van der Waals surface area contributed by atoms with Gasteiger partial charge in [0.1, 0.15) is 11.5 Å². The zero-order chi connectivity index (χ0) is 21.8. The van der Waals surface area contributed by atoms with Crippen molar-refractivity contribution in [2.75, 3.05) is 0 Å². The average Bonchev–Trinajstić information content (AvgIpc) is 2.71. The van der Waals surface area contributed by atoms with Crippen molar-refractivity contribution < 1.29 is 52.4 Å². The standard InChI is InChI=1S/C24H34O5S.Na/c1-2-3-4-5-6-7-8-9-10-11-13-20-16-18-21(19-17-20)29-22-14-12-15-23(24(22)25)30(26,27)28;/h12,14-19,25H,2-11,13H2,1H3,(H,26,27,28);/q;+1/p-1. The van der Waals surface area contributed by atoms with Crippen LogP contribution >= 0.6 is 0 Å². The molecule has 0 aliphatic rings. The van der Waals surface area contributed by atoms with Crippen LogP contribution in [-0.4, -0.2) is 13.0 Å². The number of ether oxygens (including phenoxy) is 1. The van der Waals surface area contributed by atoms with Gasteiger partial charge in [0.05, 0.1) is 4.90 Å². The Balaban J connectivity index is 0.00000480. The van der Waals surface area contributed by atoms with Crippen molar-refractivity contribution in [1.82, 2.24) is 0 Å². The fourth-order valence-corrected chi connectivity index (χ4v) is 4.03. The normalized spacial score (nSPS) is 11.2. The van der Waals surface area contributed by atoms with Crippen LogP contribution in [0.5, 0.6) is 17.2 Å². The monoisotopic (exact) mass is 456 g/mol. The van der Waals surface area contributed by atoms with Gasteiger partial charge in [0.2, 0.25) is 0 Å². The first-order valence-electron chi connectivity index (χ1n) is 11.0. The summed E-state index contributed by atoms with van der Waals surface area (Å²) < 4.78 is 37.1. The summed E-state index contributed by atoms with van der Waals surface area (Å²) in [6.07, 6.45) is 14.1. The molecule has 0 saturated carbocycles. The van der Waals surface area contributed by atoms with Gasteiger partial charge < -0.3 is 9.84 Å². The Morgan fingerprint density at radius 3 is 1.94 bits per heavy atom. The quantitative estimate of drug-likeness (QED) is 0.268. The van der Waals surface area contributed by atoms with Gasteiger partial charge >= 0.3 is 29.6 Å². The number of hydrogen-bond acceptors (Lipinski definition) is 4. The van der Waals surface area contributed by atoms with Crippen LogP contribution in [-0.2, 0) is 16.5 Å². The number of para-hydroxylation sites is 1. The molecule has 2 aromatic carbocycles. The van der Waals surface area contributed by atoms with Gasteiger partial charge in [-0.3, -0.25) is 4.55 Å². The number of unbranched alkanes of at least 4 members (excludes halogenated alkanes) is 9. The van der Waals surface area contributed by atoms with Crippen LogP contribution in [0.25, 0.3) is 0 Å². The van der Waals surface area contributed by atoms with Gasteiger partial charge in [0.25, 0.3) is 10.1 Å².